The number of hydrogen-bond donors (Lipinski definition) is 3. The van der Waals surface area contributed by atoms with Gasteiger partial charge in [-0.25, -0.2) is 9.18 Å². The minimum Gasteiger partial charge on any atom is -0.489 e. The van der Waals surface area contributed by atoms with E-state index in [4.69, 9.17) is 4.74 Å². The molecule has 0 radical (unpaired) electrons. The van der Waals surface area contributed by atoms with Gasteiger partial charge >= 0.3 is 6.03 Å². The fourth-order valence-corrected chi connectivity index (χ4v) is 2.35. The molecule has 0 heterocycles. The van der Waals surface area contributed by atoms with Gasteiger partial charge < -0.3 is 20.5 Å². The number of benzene rings is 1. The third kappa shape index (κ3) is 4.59. The van der Waals surface area contributed by atoms with Gasteiger partial charge in [-0.15, -0.1) is 0 Å². The highest BCUT2D eigenvalue weighted by Crippen LogP contribution is 2.39. The van der Waals surface area contributed by atoms with Crippen molar-refractivity contribution in [1.29, 1.82) is 0 Å². The average Bonchev–Trinajstić information content (AvgIpc) is 3.30. The maximum Gasteiger partial charge on any atom is 0.315 e. The third-order valence-electron chi connectivity index (χ3n) is 3.89. The van der Waals surface area contributed by atoms with Crippen LogP contribution in [0.2, 0.25) is 0 Å². The molecule has 0 saturated heterocycles. The number of ether oxygens (including phenoxy) is 1. The van der Waals surface area contributed by atoms with E-state index in [-0.39, 0.29) is 31.1 Å². The number of carbonyl (C=O) groups excluding carboxylic acids is 1. The Labute approximate surface area is 129 Å². The van der Waals surface area contributed by atoms with E-state index in [2.05, 4.69) is 10.6 Å². The summed E-state index contributed by atoms with van der Waals surface area (Å²) in [5.74, 6) is 0.399. The van der Waals surface area contributed by atoms with Gasteiger partial charge in [0.05, 0.1) is 18.7 Å². The van der Waals surface area contributed by atoms with Gasteiger partial charge in [0, 0.05) is 6.07 Å². The van der Waals surface area contributed by atoms with Crippen LogP contribution >= 0.6 is 0 Å². The molecule has 1 aliphatic carbocycles. The minimum absolute atomic E-state index is 0.0829. The minimum atomic E-state index is -0.573. The van der Waals surface area contributed by atoms with Gasteiger partial charge in [-0.2, -0.15) is 0 Å². The summed E-state index contributed by atoms with van der Waals surface area (Å²) in [5.41, 5.74) is -0.573. The van der Waals surface area contributed by atoms with Crippen LogP contribution < -0.4 is 15.4 Å². The van der Waals surface area contributed by atoms with E-state index in [9.17, 15) is 14.3 Å². The first kappa shape index (κ1) is 16.5. The standard InChI is InChI=1S/C16H23FN2O3/c1-11(22-14-5-3-4-13(17)8-14)9-18-15(21)19-16(2,10-20)12-6-7-12/h3-5,8,11-12,20H,6-7,9-10H2,1-2H3,(H2,18,19,21). The fourth-order valence-electron chi connectivity index (χ4n) is 2.35. The first-order chi connectivity index (χ1) is 10.4. The second kappa shape index (κ2) is 6.96. The summed E-state index contributed by atoms with van der Waals surface area (Å²) < 4.78 is 18.6. The molecular formula is C16H23FN2O3. The quantitative estimate of drug-likeness (QED) is 0.722. The van der Waals surface area contributed by atoms with Gasteiger partial charge in [0.25, 0.3) is 0 Å². The number of hydrogen-bond acceptors (Lipinski definition) is 3. The molecule has 0 aliphatic heterocycles. The Bertz CT molecular complexity index is 522. The van der Waals surface area contributed by atoms with E-state index in [0.29, 0.717) is 11.7 Å². The number of urea groups is 1. The second-order valence-electron chi connectivity index (χ2n) is 6.07. The highest BCUT2D eigenvalue weighted by atomic mass is 19.1. The van der Waals surface area contributed by atoms with Crippen LogP contribution in [0.3, 0.4) is 0 Å². The molecule has 6 heteroatoms. The number of nitrogens with one attached hydrogen (secondary N) is 2. The summed E-state index contributed by atoms with van der Waals surface area (Å²) in [4.78, 5) is 11.9. The fraction of sp³-hybridized carbons (Fsp3) is 0.562. The Balaban J connectivity index is 1.75. The molecule has 1 aromatic rings. The molecule has 3 N–H and O–H groups in total. The van der Waals surface area contributed by atoms with Crippen LogP contribution in [0.4, 0.5) is 9.18 Å². The van der Waals surface area contributed by atoms with Gasteiger partial charge in [0.1, 0.15) is 17.7 Å². The topological polar surface area (TPSA) is 70.6 Å². The van der Waals surface area contributed by atoms with Crippen LogP contribution in [0.5, 0.6) is 5.75 Å². The van der Waals surface area contributed by atoms with Crippen LogP contribution in [0.25, 0.3) is 0 Å². The van der Waals surface area contributed by atoms with Gasteiger partial charge in [-0.3, -0.25) is 0 Å². The van der Waals surface area contributed by atoms with E-state index in [0.717, 1.165) is 12.8 Å². The first-order valence-electron chi connectivity index (χ1n) is 7.52. The molecule has 0 aromatic heterocycles. The van der Waals surface area contributed by atoms with Crippen molar-refractivity contribution < 1.29 is 19.0 Å². The zero-order valence-electron chi connectivity index (χ0n) is 12.9. The lowest BCUT2D eigenvalue weighted by Crippen LogP contribution is -2.55. The summed E-state index contributed by atoms with van der Waals surface area (Å²) in [6, 6.07) is 5.54. The highest BCUT2D eigenvalue weighted by molar-refractivity contribution is 5.74. The molecule has 1 aliphatic rings. The first-order valence-corrected chi connectivity index (χ1v) is 7.52. The SMILES string of the molecule is CC(CNC(=O)NC(C)(CO)C1CC1)Oc1cccc(F)c1. The van der Waals surface area contributed by atoms with Crippen molar-refractivity contribution in [3.8, 4) is 5.75 Å². The lowest BCUT2D eigenvalue weighted by atomic mass is 9.97. The lowest BCUT2D eigenvalue weighted by Gasteiger charge is -2.29. The van der Waals surface area contributed by atoms with Crippen molar-refractivity contribution in [2.45, 2.75) is 38.3 Å². The molecule has 2 atom stereocenters. The van der Waals surface area contributed by atoms with E-state index in [1.165, 1.54) is 12.1 Å². The Morgan fingerprint density at radius 3 is 2.86 bits per heavy atom. The molecule has 5 nitrogen and oxygen atoms in total. The molecule has 2 rings (SSSR count). The maximum atomic E-state index is 13.1. The normalized spacial score (nSPS) is 18.2. The summed E-state index contributed by atoms with van der Waals surface area (Å²) in [5, 5.41) is 15.0. The van der Waals surface area contributed by atoms with Gasteiger partial charge in [-0.05, 0) is 44.7 Å². The monoisotopic (exact) mass is 310 g/mol. The van der Waals surface area contributed by atoms with Crippen molar-refractivity contribution in [1.82, 2.24) is 10.6 Å². The highest BCUT2D eigenvalue weighted by Gasteiger charge is 2.42. The smallest absolute Gasteiger partial charge is 0.315 e. The molecule has 1 saturated carbocycles. The number of amides is 2. The van der Waals surface area contributed by atoms with Crippen LogP contribution in [0.15, 0.2) is 24.3 Å². The average molecular weight is 310 g/mol. The van der Waals surface area contributed by atoms with Crippen LogP contribution in [0.1, 0.15) is 26.7 Å². The molecule has 0 bridgehead atoms. The number of aliphatic hydroxyl groups is 1. The Morgan fingerprint density at radius 2 is 2.27 bits per heavy atom. The zero-order chi connectivity index (χ0) is 16.2. The number of rotatable bonds is 7. The molecule has 0 spiro atoms. The largest absolute Gasteiger partial charge is 0.489 e. The summed E-state index contributed by atoms with van der Waals surface area (Å²) in [7, 11) is 0. The number of carbonyl (C=O) groups is 1. The van der Waals surface area contributed by atoms with Gasteiger partial charge in [0.2, 0.25) is 0 Å². The van der Waals surface area contributed by atoms with Crippen molar-refractivity contribution in [3.05, 3.63) is 30.1 Å². The van der Waals surface area contributed by atoms with E-state index in [1.54, 1.807) is 19.1 Å². The molecular weight excluding hydrogens is 287 g/mol. The number of aliphatic hydroxyl groups excluding tert-OH is 1. The van der Waals surface area contributed by atoms with E-state index >= 15 is 0 Å². The molecule has 2 unspecified atom stereocenters. The molecule has 122 valence electrons. The third-order valence-corrected chi connectivity index (χ3v) is 3.89. The van der Waals surface area contributed by atoms with Gasteiger partial charge in [0.15, 0.2) is 0 Å². The van der Waals surface area contributed by atoms with Crippen LogP contribution in [-0.4, -0.2) is 35.9 Å². The Hall–Kier alpha value is -1.82. The predicted octanol–water partition coefficient (Wildman–Crippen LogP) is 2.05. The van der Waals surface area contributed by atoms with E-state index in [1.807, 2.05) is 6.92 Å². The van der Waals surface area contributed by atoms with Crippen molar-refractivity contribution in [2.24, 2.45) is 5.92 Å². The maximum absolute atomic E-state index is 13.1. The van der Waals surface area contributed by atoms with Gasteiger partial charge in [-0.1, -0.05) is 6.07 Å². The molecule has 2 amide bonds. The van der Waals surface area contributed by atoms with E-state index < -0.39 is 5.54 Å². The Morgan fingerprint density at radius 1 is 1.55 bits per heavy atom. The molecule has 1 fully saturated rings. The van der Waals surface area contributed by atoms with Crippen molar-refractivity contribution >= 4 is 6.03 Å². The van der Waals surface area contributed by atoms with Crippen LogP contribution in [-0.2, 0) is 0 Å². The second-order valence-corrected chi connectivity index (χ2v) is 6.07. The predicted molar refractivity (Wildman–Crippen MR) is 81.2 cm³/mol. The number of halogens is 1. The summed E-state index contributed by atoms with van der Waals surface area (Å²) in [6.45, 7) is 3.84. The zero-order valence-corrected chi connectivity index (χ0v) is 12.9. The molecule has 22 heavy (non-hydrogen) atoms. The summed E-state index contributed by atoms with van der Waals surface area (Å²) in [6.07, 6.45) is 1.75. The van der Waals surface area contributed by atoms with Crippen molar-refractivity contribution in [3.63, 3.8) is 0 Å². The lowest BCUT2D eigenvalue weighted by molar-refractivity contribution is 0.152. The molecule has 1 aromatic carbocycles. The van der Waals surface area contributed by atoms with Crippen LogP contribution in [0, 0.1) is 11.7 Å². The summed E-state index contributed by atoms with van der Waals surface area (Å²) >= 11 is 0. The Kier molecular flexibility index (Phi) is 5.24. The van der Waals surface area contributed by atoms with Crippen molar-refractivity contribution in [2.75, 3.05) is 13.2 Å².